The van der Waals surface area contributed by atoms with E-state index in [0.717, 1.165) is 28.7 Å². The van der Waals surface area contributed by atoms with E-state index >= 15 is 0 Å². The Labute approximate surface area is 144 Å². The number of fused-ring (bicyclic) bond motifs is 2. The van der Waals surface area contributed by atoms with Crippen LogP contribution in [0.1, 0.15) is 28.6 Å². The molecule has 4 rings (SSSR count). The summed E-state index contributed by atoms with van der Waals surface area (Å²) in [6, 6.07) is 12.8. The number of hydrogen-bond acceptors (Lipinski definition) is 5. The van der Waals surface area contributed by atoms with Crippen molar-refractivity contribution < 1.29 is 18.7 Å². The lowest BCUT2D eigenvalue weighted by atomic mass is 10.1. The molecule has 1 amide bonds. The van der Waals surface area contributed by atoms with Gasteiger partial charge in [0.1, 0.15) is 11.3 Å². The number of amides is 1. The fourth-order valence-corrected chi connectivity index (χ4v) is 2.78. The number of rotatable bonds is 4. The smallest absolute Gasteiger partial charge is 0.271 e. The molecule has 0 saturated heterocycles. The van der Waals surface area contributed by atoms with Crippen molar-refractivity contribution >= 4 is 23.1 Å². The third kappa shape index (κ3) is 2.82. The molecule has 1 aliphatic heterocycles. The monoisotopic (exact) mass is 336 g/mol. The van der Waals surface area contributed by atoms with Gasteiger partial charge in [0.15, 0.2) is 11.5 Å². The standard InChI is InChI=1S/C19H16N2O4/c1-2-15-14(13-5-3-4-6-16(13)25-15)10-20-21-19(22)12-7-8-17-18(9-12)24-11-23-17/h3-10H,2,11H2,1H3,(H,21,22)/b20-10-. The van der Waals surface area contributed by atoms with Crippen LogP contribution >= 0.6 is 0 Å². The van der Waals surface area contributed by atoms with E-state index in [1.54, 1.807) is 24.4 Å². The Morgan fingerprint density at radius 1 is 1.20 bits per heavy atom. The predicted molar refractivity (Wildman–Crippen MR) is 93.2 cm³/mol. The molecule has 126 valence electrons. The second kappa shape index (κ2) is 6.32. The van der Waals surface area contributed by atoms with Gasteiger partial charge in [-0.1, -0.05) is 25.1 Å². The number of nitrogens with one attached hydrogen (secondary N) is 1. The van der Waals surface area contributed by atoms with Gasteiger partial charge in [0, 0.05) is 22.9 Å². The molecule has 0 saturated carbocycles. The SMILES string of the molecule is CCc1oc2ccccc2c1/C=N\NC(=O)c1ccc2c(c1)OCO2. The van der Waals surface area contributed by atoms with E-state index in [4.69, 9.17) is 13.9 Å². The number of hydrogen-bond donors (Lipinski definition) is 1. The first-order valence-corrected chi connectivity index (χ1v) is 7.99. The molecule has 0 radical (unpaired) electrons. The summed E-state index contributed by atoms with van der Waals surface area (Å²) in [7, 11) is 0. The van der Waals surface area contributed by atoms with E-state index < -0.39 is 0 Å². The Balaban J connectivity index is 1.54. The second-order valence-electron chi connectivity index (χ2n) is 5.56. The van der Waals surface area contributed by atoms with Crippen LogP contribution in [0.5, 0.6) is 11.5 Å². The van der Waals surface area contributed by atoms with Gasteiger partial charge in [-0.2, -0.15) is 5.10 Å². The zero-order chi connectivity index (χ0) is 17.2. The average Bonchev–Trinajstić information content (AvgIpc) is 3.25. The number of furan rings is 1. The van der Waals surface area contributed by atoms with E-state index in [1.807, 2.05) is 31.2 Å². The maximum Gasteiger partial charge on any atom is 0.271 e. The molecule has 6 nitrogen and oxygen atoms in total. The molecule has 2 heterocycles. The van der Waals surface area contributed by atoms with E-state index in [9.17, 15) is 4.79 Å². The van der Waals surface area contributed by atoms with E-state index in [-0.39, 0.29) is 12.7 Å². The first kappa shape index (κ1) is 15.3. The van der Waals surface area contributed by atoms with Crippen molar-refractivity contribution in [3.63, 3.8) is 0 Å². The van der Waals surface area contributed by atoms with Gasteiger partial charge in [-0.3, -0.25) is 4.79 Å². The molecule has 6 heteroatoms. The van der Waals surface area contributed by atoms with Gasteiger partial charge in [-0.25, -0.2) is 5.43 Å². The third-order valence-corrected chi connectivity index (χ3v) is 4.03. The van der Waals surface area contributed by atoms with Crippen molar-refractivity contribution in [2.45, 2.75) is 13.3 Å². The minimum Gasteiger partial charge on any atom is -0.460 e. The Kier molecular flexibility index (Phi) is 3.85. The number of carbonyl (C=O) groups is 1. The molecule has 0 spiro atoms. The van der Waals surface area contributed by atoms with Crippen LogP contribution in [-0.2, 0) is 6.42 Å². The quantitative estimate of drug-likeness (QED) is 0.585. The van der Waals surface area contributed by atoms with Crippen LogP contribution in [0.15, 0.2) is 52.0 Å². The number of benzene rings is 2. The summed E-state index contributed by atoms with van der Waals surface area (Å²) in [4.78, 5) is 12.2. The maximum atomic E-state index is 12.2. The molecule has 0 bridgehead atoms. The molecular weight excluding hydrogens is 320 g/mol. The van der Waals surface area contributed by atoms with Crippen molar-refractivity contribution in [1.29, 1.82) is 0 Å². The highest BCUT2D eigenvalue weighted by Crippen LogP contribution is 2.32. The number of nitrogens with zero attached hydrogens (tertiary/aromatic N) is 1. The first-order valence-electron chi connectivity index (χ1n) is 7.99. The van der Waals surface area contributed by atoms with E-state index in [2.05, 4.69) is 10.5 Å². The topological polar surface area (TPSA) is 73.1 Å². The van der Waals surface area contributed by atoms with Gasteiger partial charge in [0.25, 0.3) is 5.91 Å². The lowest BCUT2D eigenvalue weighted by Crippen LogP contribution is -2.17. The zero-order valence-electron chi connectivity index (χ0n) is 13.6. The van der Waals surface area contributed by atoms with Gasteiger partial charge in [0.2, 0.25) is 6.79 Å². The van der Waals surface area contributed by atoms with Crippen molar-refractivity contribution in [3.8, 4) is 11.5 Å². The zero-order valence-corrected chi connectivity index (χ0v) is 13.6. The van der Waals surface area contributed by atoms with Crippen molar-refractivity contribution in [2.75, 3.05) is 6.79 Å². The van der Waals surface area contributed by atoms with Crippen LogP contribution in [-0.4, -0.2) is 18.9 Å². The molecule has 3 aromatic rings. The minimum absolute atomic E-state index is 0.173. The molecule has 0 unspecified atom stereocenters. The molecule has 1 aliphatic rings. The number of aryl methyl sites for hydroxylation is 1. The van der Waals surface area contributed by atoms with Crippen molar-refractivity contribution in [1.82, 2.24) is 5.43 Å². The van der Waals surface area contributed by atoms with Gasteiger partial charge in [-0.05, 0) is 24.3 Å². The summed E-state index contributed by atoms with van der Waals surface area (Å²) < 4.78 is 16.3. The Bertz CT molecular complexity index is 975. The Morgan fingerprint density at radius 3 is 2.92 bits per heavy atom. The van der Waals surface area contributed by atoms with Crippen LogP contribution in [0.2, 0.25) is 0 Å². The summed E-state index contributed by atoms with van der Waals surface area (Å²) in [5, 5.41) is 5.06. The third-order valence-electron chi connectivity index (χ3n) is 4.03. The number of ether oxygens (including phenoxy) is 2. The van der Waals surface area contributed by atoms with E-state index in [0.29, 0.717) is 17.1 Å². The molecule has 2 aromatic carbocycles. The average molecular weight is 336 g/mol. The van der Waals surface area contributed by atoms with Crippen LogP contribution in [0.25, 0.3) is 11.0 Å². The van der Waals surface area contributed by atoms with Crippen LogP contribution < -0.4 is 14.9 Å². The second-order valence-corrected chi connectivity index (χ2v) is 5.56. The summed E-state index contributed by atoms with van der Waals surface area (Å²) in [5.74, 6) is 1.71. The normalized spacial score (nSPS) is 12.8. The van der Waals surface area contributed by atoms with Gasteiger partial charge in [0.05, 0.1) is 6.21 Å². The van der Waals surface area contributed by atoms with E-state index in [1.165, 1.54) is 0 Å². The highest BCUT2D eigenvalue weighted by molar-refractivity contribution is 6.00. The number of carbonyl (C=O) groups excluding carboxylic acids is 1. The fraction of sp³-hybridized carbons (Fsp3) is 0.158. The summed E-state index contributed by atoms with van der Waals surface area (Å²) >= 11 is 0. The minimum atomic E-state index is -0.319. The van der Waals surface area contributed by atoms with Gasteiger partial charge >= 0.3 is 0 Å². The summed E-state index contributed by atoms with van der Waals surface area (Å²) in [6.07, 6.45) is 2.36. The lowest BCUT2D eigenvalue weighted by molar-refractivity contribution is 0.0954. The van der Waals surface area contributed by atoms with Crippen LogP contribution in [0, 0.1) is 0 Å². The highest BCUT2D eigenvalue weighted by Gasteiger charge is 2.16. The Hall–Kier alpha value is -3.28. The molecule has 0 atom stereocenters. The molecular formula is C19H16N2O4. The lowest BCUT2D eigenvalue weighted by Gasteiger charge is -2.01. The number of para-hydroxylation sites is 1. The summed E-state index contributed by atoms with van der Waals surface area (Å²) in [5.41, 5.74) is 4.68. The largest absolute Gasteiger partial charge is 0.460 e. The molecule has 1 aromatic heterocycles. The van der Waals surface area contributed by atoms with Crippen molar-refractivity contribution in [3.05, 3.63) is 59.4 Å². The van der Waals surface area contributed by atoms with Crippen LogP contribution in [0.4, 0.5) is 0 Å². The Morgan fingerprint density at radius 2 is 2.04 bits per heavy atom. The first-order chi connectivity index (χ1) is 12.3. The summed E-state index contributed by atoms with van der Waals surface area (Å²) in [6.45, 7) is 2.19. The van der Waals surface area contributed by atoms with Crippen LogP contribution in [0.3, 0.4) is 0 Å². The predicted octanol–water partition coefficient (Wildman–Crippen LogP) is 3.49. The molecule has 25 heavy (non-hydrogen) atoms. The fourth-order valence-electron chi connectivity index (χ4n) is 2.78. The molecule has 1 N–H and O–H groups in total. The maximum absolute atomic E-state index is 12.2. The molecule has 0 aliphatic carbocycles. The van der Waals surface area contributed by atoms with Crippen molar-refractivity contribution in [2.24, 2.45) is 5.10 Å². The van der Waals surface area contributed by atoms with Gasteiger partial charge in [-0.15, -0.1) is 0 Å². The highest BCUT2D eigenvalue weighted by atomic mass is 16.7. The van der Waals surface area contributed by atoms with Gasteiger partial charge < -0.3 is 13.9 Å². The number of hydrazone groups is 1. The molecule has 0 fully saturated rings.